The minimum Gasteiger partial charge on any atom is -0.359 e. The Morgan fingerprint density at radius 3 is 2.92 bits per heavy atom. The molecule has 0 aromatic carbocycles. The quantitative estimate of drug-likeness (QED) is 0.507. The highest BCUT2D eigenvalue weighted by atomic mass is 32.2. The van der Waals surface area contributed by atoms with Gasteiger partial charge in [0, 0.05) is 18.3 Å². The Morgan fingerprint density at radius 2 is 2.38 bits per heavy atom. The van der Waals surface area contributed by atoms with E-state index < -0.39 is 0 Å². The van der Waals surface area contributed by atoms with E-state index in [0.717, 1.165) is 29.9 Å². The normalized spacial score (nSPS) is 21.2. The number of nitro groups is 1. The molecule has 0 aliphatic carbocycles. The fourth-order valence-corrected chi connectivity index (χ4v) is 2.43. The van der Waals surface area contributed by atoms with Gasteiger partial charge in [0.1, 0.15) is 5.03 Å². The molecule has 4 nitrogen and oxygen atoms in total. The van der Waals surface area contributed by atoms with Crippen molar-refractivity contribution in [3.05, 3.63) is 21.3 Å². The van der Waals surface area contributed by atoms with E-state index >= 15 is 0 Å². The summed E-state index contributed by atoms with van der Waals surface area (Å²) >= 11 is 1.57. The molecule has 0 amide bonds. The number of thioether (sulfide) groups is 1. The Labute approximate surface area is 82.1 Å². The maximum absolute atomic E-state index is 10.3. The van der Waals surface area contributed by atoms with Crippen molar-refractivity contribution >= 4 is 11.8 Å². The highest BCUT2D eigenvalue weighted by Crippen LogP contribution is 2.28. The molecule has 1 heterocycles. The second kappa shape index (κ2) is 4.50. The third kappa shape index (κ3) is 2.91. The summed E-state index contributed by atoms with van der Waals surface area (Å²) < 4.78 is 0. The predicted molar refractivity (Wildman–Crippen MR) is 54.0 cm³/mol. The molecule has 0 bridgehead atoms. The molecular formula is C8H14N2O2S. The lowest BCUT2D eigenvalue weighted by molar-refractivity contribution is -0.403. The van der Waals surface area contributed by atoms with Gasteiger partial charge in [-0.25, -0.2) is 0 Å². The first-order valence-electron chi connectivity index (χ1n) is 4.36. The van der Waals surface area contributed by atoms with Crippen LogP contribution in [-0.2, 0) is 0 Å². The monoisotopic (exact) mass is 202 g/mol. The third-order valence-corrected chi connectivity index (χ3v) is 3.04. The average molecular weight is 202 g/mol. The maximum atomic E-state index is 10.3. The second-order valence-corrected chi connectivity index (χ2v) is 4.36. The van der Waals surface area contributed by atoms with Gasteiger partial charge in [0.05, 0.1) is 4.92 Å². The van der Waals surface area contributed by atoms with E-state index in [2.05, 4.69) is 18.7 Å². The van der Waals surface area contributed by atoms with Crippen LogP contribution >= 0.6 is 11.8 Å². The van der Waals surface area contributed by atoms with Crippen molar-refractivity contribution in [2.24, 2.45) is 0 Å². The summed E-state index contributed by atoms with van der Waals surface area (Å²) in [6.45, 7) is 5.05. The molecule has 0 radical (unpaired) electrons. The summed E-state index contributed by atoms with van der Waals surface area (Å²) in [6, 6.07) is 0.346. The molecule has 0 unspecified atom stereocenters. The zero-order valence-corrected chi connectivity index (χ0v) is 8.71. The maximum Gasteiger partial charge on any atom is 0.264 e. The van der Waals surface area contributed by atoms with Gasteiger partial charge >= 0.3 is 0 Å². The molecule has 0 aromatic rings. The number of rotatable bonds is 2. The molecule has 0 aromatic heterocycles. The first-order valence-corrected chi connectivity index (χ1v) is 5.34. The number of nitrogens with zero attached hydrogens (tertiary/aromatic N) is 2. The van der Waals surface area contributed by atoms with E-state index in [9.17, 15) is 10.1 Å². The van der Waals surface area contributed by atoms with E-state index in [1.54, 1.807) is 11.8 Å². The van der Waals surface area contributed by atoms with E-state index in [1.807, 2.05) is 0 Å². The van der Waals surface area contributed by atoms with Gasteiger partial charge in [0.25, 0.3) is 6.20 Å². The van der Waals surface area contributed by atoms with Crippen LogP contribution in [0, 0.1) is 10.1 Å². The molecule has 1 saturated heterocycles. The molecule has 0 spiro atoms. The highest BCUT2D eigenvalue weighted by Gasteiger charge is 2.20. The molecule has 1 aliphatic rings. The Kier molecular flexibility index (Phi) is 3.59. The fourth-order valence-electron chi connectivity index (χ4n) is 1.32. The van der Waals surface area contributed by atoms with Crippen LogP contribution < -0.4 is 0 Å². The predicted octanol–water partition coefficient (Wildman–Crippen LogP) is 1.91. The van der Waals surface area contributed by atoms with Gasteiger partial charge in [0.15, 0.2) is 0 Å². The minimum absolute atomic E-state index is 0.346. The standard InChI is InChI=1S/C8H14N2O2S/c1-7(2)9-4-3-5-13-8(9)6-10(11)12/h6-7H,3-5H2,1-2H3. The topological polar surface area (TPSA) is 46.4 Å². The molecular weight excluding hydrogens is 188 g/mol. The summed E-state index contributed by atoms with van der Waals surface area (Å²) in [6.07, 6.45) is 2.22. The molecule has 13 heavy (non-hydrogen) atoms. The van der Waals surface area contributed by atoms with Crippen molar-refractivity contribution in [1.29, 1.82) is 0 Å². The van der Waals surface area contributed by atoms with Crippen molar-refractivity contribution in [3.63, 3.8) is 0 Å². The van der Waals surface area contributed by atoms with Gasteiger partial charge in [-0.15, -0.1) is 11.8 Å². The minimum atomic E-state index is -0.372. The lowest BCUT2D eigenvalue weighted by atomic mass is 10.3. The second-order valence-electron chi connectivity index (χ2n) is 3.24. The van der Waals surface area contributed by atoms with Gasteiger partial charge in [-0.05, 0) is 20.3 Å². The van der Waals surface area contributed by atoms with Crippen molar-refractivity contribution in [1.82, 2.24) is 4.90 Å². The SMILES string of the molecule is CC(C)N1CCCSC1=C[N+](=O)[O-]. The summed E-state index contributed by atoms with van der Waals surface area (Å²) in [4.78, 5) is 12.0. The molecule has 1 aliphatic heterocycles. The largest absolute Gasteiger partial charge is 0.359 e. The molecule has 5 heteroatoms. The van der Waals surface area contributed by atoms with Gasteiger partial charge < -0.3 is 4.90 Å². The van der Waals surface area contributed by atoms with Crippen LogP contribution in [0.3, 0.4) is 0 Å². The van der Waals surface area contributed by atoms with Crippen molar-refractivity contribution in [2.45, 2.75) is 26.3 Å². The van der Waals surface area contributed by atoms with Crippen LogP contribution in [0.5, 0.6) is 0 Å². The molecule has 0 atom stereocenters. The van der Waals surface area contributed by atoms with Crippen molar-refractivity contribution < 1.29 is 4.92 Å². The summed E-state index contributed by atoms with van der Waals surface area (Å²) in [5.74, 6) is 0.989. The Bertz CT molecular complexity index is 228. The lowest BCUT2D eigenvalue weighted by Crippen LogP contribution is -2.33. The van der Waals surface area contributed by atoms with Gasteiger partial charge in [-0.3, -0.25) is 10.1 Å². The van der Waals surface area contributed by atoms with Gasteiger partial charge in [-0.2, -0.15) is 0 Å². The average Bonchev–Trinajstić information content (AvgIpc) is 2.03. The van der Waals surface area contributed by atoms with E-state index in [4.69, 9.17) is 0 Å². The lowest BCUT2D eigenvalue weighted by Gasteiger charge is -2.32. The van der Waals surface area contributed by atoms with Crippen LogP contribution in [0.15, 0.2) is 11.2 Å². The zero-order chi connectivity index (χ0) is 9.84. The Hall–Kier alpha value is -0.710. The molecule has 0 saturated carbocycles. The molecule has 1 fully saturated rings. The Morgan fingerprint density at radius 1 is 1.69 bits per heavy atom. The van der Waals surface area contributed by atoms with E-state index in [0.29, 0.717) is 6.04 Å². The van der Waals surface area contributed by atoms with E-state index in [-0.39, 0.29) is 4.92 Å². The third-order valence-electron chi connectivity index (χ3n) is 1.92. The fraction of sp³-hybridized carbons (Fsp3) is 0.750. The summed E-state index contributed by atoms with van der Waals surface area (Å²) in [5.41, 5.74) is 0. The molecule has 74 valence electrons. The van der Waals surface area contributed by atoms with Gasteiger partial charge in [0.2, 0.25) is 0 Å². The molecule has 1 rings (SSSR count). The molecule has 0 N–H and O–H groups in total. The van der Waals surface area contributed by atoms with Crippen molar-refractivity contribution in [3.8, 4) is 0 Å². The van der Waals surface area contributed by atoms with Crippen LogP contribution in [0.4, 0.5) is 0 Å². The first-order chi connectivity index (χ1) is 6.11. The Balaban J connectivity index is 2.72. The first kappa shape index (κ1) is 10.4. The van der Waals surface area contributed by atoms with Crippen LogP contribution in [-0.4, -0.2) is 28.2 Å². The summed E-state index contributed by atoms with van der Waals surface area (Å²) in [5, 5.41) is 11.1. The van der Waals surface area contributed by atoms with Crippen LogP contribution in [0.1, 0.15) is 20.3 Å². The number of hydrogen-bond donors (Lipinski definition) is 0. The van der Waals surface area contributed by atoms with Gasteiger partial charge in [-0.1, -0.05) is 0 Å². The zero-order valence-electron chi connectivity index (χ0n) is 7.90. The summed E-state index contributed by atoms with van der Waals surface area (Å²) in [7, 11) is 0. The van der Waals surface area contributed by atoms with Crippen LogP contribution in [0.25, 0.3) is 0 Å². The highest BCUT2D eigenvalue weighted by molar-refractivity contribution is 8.03. The van der Waals surface area contributed by atoms with Crippen molar-refractivity contribution in [2.75, 3.05) is 12.3 Å². The van der Waals surface area contributed by atoms with Crippen LogP contribution in [0.2, 0.25) is 0 Å². The smallest absolute Gasteiger partial charge is 0.264 e. The van der Waals surface area contributed by atoms with E-state index in [1.165, 1.54) is 0 Å². The number of hydrogen-bond acceptors (Lipinski definition) is 4.